The number of hydrogen-bond acceptors (Lipinski definition) is 5. The summed E-state index contributed by atoms with van der Waals surface area (Å²) in [5.74, 6) is 0.787. The van der Waals surface area contributed by atoms with Gasteiger partial charge in [0.05, 0.1) is 11.4 Å². The molecule has 0 fully saturated rings. The number of hydrogen-bond donors (Lipinski definition) is 0. The van der Waals surface area contributed by atoms with Gasteiger partial charge in [-0.05, 0) is 26.0 Å². The first-order valence-electron chi connectivity index (χ1n) is 8.73. The Balaban J connectivity index is 1.51. The number of rotatable bonds is 4. The number of aryl methyl sites for hydroxylation is 2. The molecule has 0 aromatic carbocycles. The Morgan fingerprint density at radius 3 is 2.80 bits per heavy atom. The second-order valence-electron chi connectivity index (χ2n) is 6.46. The molecule has 0 amide bonds. The number of nitrogens with zero attached hydrogens (tertiary/aromatic N) is 6. The lowest BCUT2D eigenvalue weighted by molar-refractivity contribution is 0.242. The maximum atomic E-state index is 4.78. The van der Waals surface area contributed by atoms with Crippen LogP contribution in [-0.2, 0) is 26.1 Å². The van der Waals surface area contributed by atoms with E-state index in [4.69, 9.17) is 4.98 Å². The summed E-state index contributed by atoms with van der Waals surface area (Å²) < 4.78 is 2.01. The van der Waals surface area contributed by atoms with Gasteiger partial charge in [-0.15, -0.1) is 0 Å². The summed E-state index contributed by atoms with van der Waals surface area (Å²) in [6.07, 6.45) is 8.65. The minimum absolute atomic E-state index is 0.787. The highest BCUT2D eigenvalue weighted by atomic mass is 15.3. The summed E-state index contributed by atoms with van der Waals surface area (Å²) in [7, 11) is 0. The van der Waals surface area contributed by atoms with Crippen molar-refractivity contribution in [2.24, 2.45) is 0 Å². The molecule has 4 rings (SSSR count). The van der Waals surface area contributed by atoms with E-state index in [2.05, 4.69) is 40.0 Å². The molecule has 3 aromatic rings. The topological polar surface area (TPSA) is 59.7 Å². The smallest absolute Gasteiger partial charge is 0.159 e. The first-order chi connectivity index (χ1) is 12.2. The third-order valence-corrected chi connectivity index (χ3v) is 4.72. The molecule has 6 heteroatoms. The normalized spacial score (nSPS) is 14.5. The van der Waals surface area contributed by atoms with E-state index in [0.717, 1.165) is 49.7 Å². The van der Waals surface area contributed by atoms with Crippen LogP contribution in [0.25, 0.3) is 11.4 Å². The van der Waals surface area contributed by atoms with E-state index >= 15 is 0 Å². The average Bonchev–Trinajstić information content (AvgIpc) is 3.02. The molecule has 128 valence electrons. The summed E-state index contributed by atoms with van der Waals surface area (Å²) in [5, 5.41) is 4.54. The maximum Gasteiger partial charge on any atom is 0.159 e. The van der Waals surface area contributed by atoms with Crippen LogP contribution < -0.4 is 0 Å². The Morgan fingerprint density at radius 2 is 2.04 bits per heavy atom. The van der Waals surface area contributed by atoms with Crippen molar-refractivity contribution in [1.82, 2.24) is 29.6 Å². The predicted molar refractivity (Wildman–Crippen MR) is 95.7 cm³/mol. The molecule has 1 aliphatic heterocycles. The molecule has 0 unspecified atom stereocenters. The molecule has 6 nitrogen and oxygen atoms in total. The first kappa shape index (κ1) is 15.9. The fourth-order valence-electron chi connectivity index (χ4n) is 3.27. The minimum Gasteiger partial charge on any atom is -0.294 e. The van der Waals surface area contributed by atoms with Crippen LogP contribution in [0, 0.1) is 6.92 Å². The fourth-order valence-corrected chi connectivity index (χ4v) is 3.27. The summed E-state index contributed by atoms with van der Waals surface area (Å²) in [6, 6.07) is 3.90. The standard InChI is InChI=1S/C19H22N6/c1-3-25-13-17(14(2)23-25)12-24-9-6-18-16(11-24)10-21-19(22-18)15-4-7-20-8-5-15/h4-5,7-8,10,13H,3,6,9,11-12H2,1-2H3. The van der Waals surface area contributed by atoms with Crippen LogP contribution in [0.4, 0.5) is 0 Å². The zero-order chi connectivity index (χ0) is 17.2. The average molecular weight is 334 g/mol. The van der Waals surface area contributed by atoms with Gasteiger partial charge in [0.1, 0.15) is 0 Å². The summed E-state index contributed by atoms with van der Waals surface area (Å²) in [6.45, 7) is 7.94. The molecule has 3 aromatic heterocycles. The van der Waals surface area contributed by atoms with Gasteiger partial charge in [-0.3, -0.25) is 14.6 Å². The quantitative estimate of drug-likeness (QED) is 0.734. The minimum atomic E-state index is 0.787. The van der Waals surface area contributed by atoms with Crippen LogP contribution in [-0.4, -0.2) is 36.2 Å². The van der Waals surface area contributed by atoms with Gasteiger partial charge in [0, 0.05) is 74.1 Å². The first-order valence-corrected chi connectivity index (χ1v) is 8.73. The van der Waals surface area contributed by atoms with Crippen LogP contribution >= 0.6 is 0 Å². The Morgan fingerprint density at radius 1 is 1.20 bits per heavy atom. The van der Waals surface area contributed by atoms with Crippen molar-refractivity contribution in [3.8, 4) is 11.4 Å². The van der Waals surface area contributed by atoms with Gasteiger partial charge in [0.2, 0.25) is 0 Å². The molecular weight excluding hydrogens is 312 g/mol. The molecule has 25 heavy (non-hydrogen) atoms. The Bertz CT molecular complexity index is 871. The lowest BCUT2D eigenvalue weighted by atomic mass is 10.1. The Labute approximate surface area is 147 Å². The van der Waals surface area contributed by atoms with Crippen LogP contribution in [0.2, 0.25) is 0 Å². The molecule has 0 radical (unpaired) electrons. The highest BCUT2D eigenvalue weighted by Crippen LogP contribution is 2.22. The van der Waals surface area contributed by atoms with Crippen molar-refractivity contribution in [2.75, 3.05) is 6.54 Å². The van der Waals surface area contributed by atoms with E-state index in [9.17, 15) is 0 Å². The maximum absolute atomic E-state index is 4.78. The number of aromatic nitrogens is 5. The van der Waals surface area contributed by atoms with Crippen LogP contribution in [0.5, 0.6) is 0 Å². The number of fused-ring (bicyclic) bond motifs is 1. The third kappa shape index (κ3) is 3.30. The van der Waals surface area contributed by atoms with E-state index in [-0.39, 0.29) is 0 Å². The van der Waals surface area contributed by atoms with E-state index in [1.807, 2.05) is 23.0 Å². The molecule has 0 saturated heterocycles. The molecule has 4 heterocycles. The molecule has 1 aliphatic rings. The van der Waals surface area contributed by atoms with Gasteiger partial charge < -0.3 is 0 Å². The lowest BCUT2D eigenvalue weighted by Crippen LogP contribution is -2.31. The van der Waals surface area contributed by atoms with E-state index in [0.29, 0.717) is 0 Å². The monoisotopic (exact) mass is 334 g/mol. The van der Waals surface area contributed by atoms with Gasteiger partial charge in [-0.25, -0.2) is 9.97 Å². The highest BCUT2D eigenvalue weighted by Gasteiger charge is 2.20. The SMILES string of the molecule is CCn1cc(CN2CCc3nc(-c4ccncc4)ncc3C2)c(C)n1. The molecule has 0 N–H and O–H groups in total. The van der Waals surface area contributed by atoms with Crippen molar-refractivity contribution in [1.29, 1.82) is 0 Å². The fraction of sp³-hybridized carbons (Fsp3) is 0.368. The predicted octanol–water partition coefficient (Wildman–Crippen LogP) is 2.62. The van der Waals surface area contributed by atoms with Gasteiger partial charge in [-0.1, -0.05) is 0 Å². The van der Waals surface area contributed by atoms with Crippen molar-refractivity contribution >= 4 is 0 Å². The zero-order valence-corrected chi connectivity index (χ0v) is 14.7. The van der Waals surface area contributed by atoms with Crippen molar-refractivity contribution in [3.05, 3.63) is 59.4 Å². The second kappa shape index (κ2) is 6.72. The molecule has 0 spiro atoms. The largest absolute Gasteiger partial charge is 0.294 e. The highest BCUT2D eigenvalue weighted by molar-refractivity contribution is 5.54. The van der Waals surface area contributed by atoms with Gasteiger partial charge in [0.15, 0.2) is 5.82 Å². The van der Waals surface area contributed by atoms with Crippen LogP contribution in [0.1, 0.15) is 29.4 Å². The van der Waals surface area contributed by atoms with Crippen LogP contribution in [0.3, 0.4) is 0 Å². The van der Waals surface area contributed by atoms with Gasteiger partial charge in [-0.2, -0.15) is 5.10 Å². The van der Waals surface area contributed by atoms with E-state index in [1.165, 1.54) is 16.8 Å². The Hall–Kier alpha value is -2.60. The molecule has 0 bridgehead atoms. The van der Waals surface area contributed by atoms with Crippen molar-refractivity contribution in [2.45, 2.75) is 39.9 Å². The second-order valence-corrected chi connectivity index (χ2v) is 6.46. The Kier molecular flexibility index (Phi) is 4.28. The molecule has 0 saturated carbocycles. The molecule has 0 aliphatic carbocycles. The lowest BCUT2D eigenvalue weighted by Gasteiger charge is -2.27. The van der Waals surface area contributed by atoms with Crippen molar-refractivity contribution in [3.63, 3.8) is 0 Å². The van der Waals surface area contributed by atoms with Gasteiger partial charge in [0.25, 0.3) is 0 Å². The van der Waals surface area contributed by atoms with Crippen LogP contribution in [0.15, 0.2) is 36.9 Å². The summed E-state index contributed by atoms with van der Waals surface area (Å²) in [5.41, 5.74) is 5.84. The van der Waals surface area contributed by atoms with Crippen molar-refractivity contribution < 1.29 is 0 Å². The van der Waals surface area contributed by atoms with E-state index < -0.39 is 0 Å². The number of pyridine rings is 1. The molecular formula is C19H22N6. The third-order valence-electron chi connectivity index (χ3n) is 4.72. The summed E-state index contributed by atoms with van der Waals surface area (Å²) in [4.78, 5) is 15.8. The van der Waals surface area contributed by atoms with E-state index in [1.54, 1.807) is 12.4 Å². The summed E-state index contributed by atoms with van der Waals surface area (Å²) >= 11 is 0. The molecule has 0 atom stereocenters. The zero-order valence-electron chi connectivity index (χ0n) is 14.7. The van der Waals surface area contributed by atoms with Gasteiger partial charge >= 0.3 is 0 Å².